The van der Waals surface area contributed by atoms with Crippen LogP contribution in [0.1, 0.15) is 18.5 Å². The van der Waals surface area contributed by atoms with E-state index in [-0.39, 0.29) is 6.04 Å². The zero-order valence-corrected chi connectivity index (χ0v) is 12.7. The van der Waals surface area contributed by atoms with E-state index in [0.29, 0.717) is 16.8 Å². The van der Waals surface area contributed by atoms with E-state index in [1.165, 1.54) is 17.8 Å². The van der Waals surface area contributed by atoms with Crippen LogP contribution >= 0.6 is 27.7 Å². The van der Waals surface area contributed by atoms with Crippen molar-refractivity contribution in [1.29, 1.82) is 0 Å². The second kappa shape index (κ2) is 5.77. The average Bonchev–Trinajstić information content (AvgIpc) is 2.30. The van der Waals surface area contributed by atoms with Gasteiger partial charge in [0.25, 0.3) is 0 Å². The fourth-order valence-electron chi connectivity index (χ4n) is 1.49. The standard InChI is InChI=1S/C12H14BrN5S/c1-6(14)7-2-3-9(8(13)4-7)19-12-17-10(15)5-11(16)18-12/h2-6H,14H2,1H3,(H4,15,16,17,18). The fourth-order valence-corrected chi connectivity index (χ4v) is 2.92. The van der Waals surface area contributed by atoms with E-state index in [1.807, 2.05) is 25.1 Å². The van der Waals surface area contributed by atoms with Crippen LogP contribution < -0.4 is 17.2 Å². The van der Waals surface area contributed by atoms with E-state index in [4.69, 9.17) is 17.2 Å². The highest BCUT2D eigenvalue weighted by molar-refractivity contribution is 9.10. The number of nitrogens with two attached hydrogens (primary N) is 3. The minimum atomic E-state index is -0.00499. The Morgan fingerprint density at radius 2 is 1.79 bits per heavy atom. The van der Waals surface area contributed by atoms with Crippen molar-refractivity contribution in [2.75, 3.05) is 11.5 Å². The minimum Gasteiger partial charge on any atom is -0.383 e. The summed E-state index contributed by atoms with van der Waals surface area (Å²) in [6.45, 7) is 1.94. The number of hydrogen-bond donors (Lipinski definition) is 3. The summed E-state index contributed by atoms with van der Waals surface area (Å²) >= 11 is 4.91. The van der Waals surface area contributed by atoms with Gasteiger partial charge in [-0.3, -0.25) is 0 Å². The highest BCUT2D eigenvalue weighted by Gasteiger charge is 2.09. The molecule has 0 bridgehead atoms. The van der Waals surface area contributed by atoms with E-state index in [2.05, 4.69) is 25.9 Å². The number of nitrogens with zero attached hydrogens (tertiary/aromatic N) is 2. The SMILES string of the molecule is CC(N)c1ccc(Sc2nc(N)cc(N)n2)c(Br)c1. The first-order valence-corrected chi connectivity index (χ1v) is 7.19. The highest BCUT2D eigenvalue weighted by Crippen LogP contribution is 2.33. The number of anilines is 2. The van der Waals surface area contributed by atoms with Crippen molar-refractivity contribution in [2.45, 2.75) is 23.0 Å². The van der Waals surface area contributed by atoms with Crippen LogP contribution in [0, 0.1) is 0 Å². The molecule has 0 saturated heterocycles. The first-order valence-electron chi connectivity index (χ1n) is 5.58. The predicted octanol–water partition coefficient (Wildman–Crippen LogP) is 2.57. The van der Waals surface area contributed by atoms with Crippen molar-refractivity contribution in [2.24, 2.45) is 5.73 Å². The zero-order valence-electron chi connectivity index (χ0n) is 10.3. The van der Waals surface area contributed by atoms with Crippen molar-refractivity contribution < 1.29 is 0 Å². The zero-order chi connectivity index (χ0) is 14.0. The molecular weight excluding hydrogens is 326 g/mol. The molecule has 1 atom stereocenters. The van der Waals surface area contributed by atoms with Crippen molar-refractivity contribution in [3.05, 3.63) is 34.3 Å². The van der Waals surface area contributed by atoms with Gasteiger partial charge in [0.2, 0.25) is 0 Å². The summed E-state index contributed by atoms with van der Waals surface area (Å²) in [7, 11) is 0. The molecule has 0 aliphatic rings. The van der Waals surface area contributed by atoms with Gasteiger partial charge < -0.3 is 17.2 Å². The van der Waals surface area contributed by atoms with E-state index >= 15 is 0 Å². The van der Waals surface area contributed by atoms with Gasteiger partial charge in [0.15, 0.2) is 5.16 Å². The molecule has 0 spiro atoms. The number of halogens is 1. The number of hydrogen-bond acceptors (Lipinski definition) is 6. The van der Waals surface area contributed by atoms with E-state index in [1.54, 1.807) is 0 Å². The second-order valence-electron chi connectivity index (χ2n) is 4.08. The van der Waals surface area contributed by atoms with Crippen LogP contribution in [-0.2, 0) is 0 Å². The van der Waals surface area contributed by atoms with Crippen molar-refractivity contribution in [1.82, 2.24) is 9.97 Å². The van der Waals surface area contributed by atoms with Gasteiger partial charge in [0, 0.05) is 21.5 Å². The summed E-state index contributed by atoms with van der Waals surface area (Å²) in [6, 6.07) is 7.46. The number of benzene rings is 1. The van der Waals surface area contributed by atoms with Gasteiger partial charge in [-0.05, 0) is 52.3 Å². The Hall–Kier alpha value is -1.31. The Morgan fingerprint density at radius 1 is 1.16 bits per heavy atom. The van der Waals surface area contributed by atoms with Gasteiger partial charge in [-0.25, -0.2) is 9.97 Å². The van der Waals surface area contributed by atoms with Crippen LogP contribution in [0.3, 0.4) is 0 Å². The third kappa shape index (κ3) is 3.59. The van der Waals surface area contributed by atoms with Crippen molar-refractivity contribution in [3.63, 3.8) is 0 Å². The van der Waals surface area contributed by atoms with Crippen molar-refractivity contribution in [3.8, 4) is 0 Å². The average molecular weight is 340 g/mol. The summed E-state index contributed by atoms with van der Waals surface area (Å²) in [6.07, 6.45) is 0. The molecule has 0 amide bonds. The maximum Gasteiger partial charge on any atom is 0.196 e. The monoisotopic (exact) mass is 339 g/mol. The van der Waals surface area contributed by atoms with E-state index in [0.717, 1.165) is 14.9 Å². The second-order valence-corrected chi connectivity index (χ2v) is 5.94. The van der Waals surface area contributed by atoms with Gasteiger partial charge in [0.1, 0.15) is 11.6 Å². The Morgan fingerprint density at radius 3 is 2.32 bits per heavy atom. The molecule has 1 aromatic carbocycles. The summed E-state index contributed by atoms with van der Waals surface area (Å²) in [5, 5.41) is 0.520. The minimum absolute atomic E-state index is 0.00499. The Labute approximate surface area is 124 Å². The third-order valence-electron chi connectivity index (χ3n) is 2.43. The van der Waals surface area contributed by atoms with Gasteiger partial charge in [0.05, 0.1) is 0 Å². The first kappa shape index (κ1) is 14.1. The molecule has 5 nitrogen and oxygen atoms in total. The van der Waals surface area contributed by atoms with Crippen LogP contribution in [0.2, 0.25) is 0 Å². The molecular formula is C12H14BrN5S. The largest absolute Gasteiger partial charge is 0.383 e. The fraction of sp³-hybridized carbons (Fsp3) is 0.167. The smallest absolute Gasteiger partial charge is 0.196 e. The topological polar surface area (TPSA) is 104 Å². The van der Waals surface area contributed by atoms with Gasteiger partial charge in [-0.2, -0.15) is 0 Å². The van der Waals surface area contributed by atoms with Gasteiger partial charge >= 0.3 is 0 Å². The molecule has 2 rings (SSSR count). The Bertz CT molecular complexity index is 582. The Balaban J connectivity index is 2.28. The molecule has 0 saturated carbocycles. The Kier molecular flexibility index (Phi) is 4.28. The van der Waals surface area contributed by atoms with Crippen LogP contribution in [0.15, 0.2) is 38.8 Å². The van der Waals surface area contributed by atoms with Crippen LogP contribution in [0.4, 0.5) is 11.6 Å². The quantitative estimate of drug-likeness (QED) is 0.742. The molecule has 0 radical (unpaired) electrons. The molecule has 19 heavy (non-hydrogen) atoms. The summed E-state index contributed by atoms with van der Waals surface area (Å²) in [4.78, 5) is 9.25. The van der Waals surface area contributed by atoms with E-state index < -0.39 is 0 Å². The molecule has 1 aromatic heterocycles. The number of nitrogen functional groups attached to an aromatic ring is 2. The van der Waals surface area contributed by atoms with Crippen LogP contribution in [0.25, 0.3) is 0 Å². The first-order chi connectivity index (χ1) is 8.95. The van der Waals surface area contributed by atoms with E-state index in [9.17, 15) is 0 Å². The lowest BCUT2D eigenvalue weighted by atomic mass is 10.1. The molecule has 0 fully saturated rings. The van der Waals surface area contributed by atoms with Gasteiger partial charge in [-0.15, -0.1) is 0 Å². The molecule has 6 N–H and O–H groups in total. The lowest BCUT2D eigenvalue weighted by Gasteiger charge is -2.09. The molecule has 0 aliphatic carbocycles. The molecule has 2 aromatic rings. The third-order valence-corrected chi connectivity index (χ3v) is 4.29. The maximum atomic E-state index is 5.84. The molecule has 1 unspecified atom stereocenters. The maximum absolute atomic E-state index is 5.84. The number of rotatable bonds is 3. The molecule has 1 heterocycles. The van der Waals surface area contributed by atoms with Crippen LogP contribution in [0.5, 0.6) is 0 Å². The molecule has 0 aliphatic heterocycles. The summed E-state index contributed by atoms with van der Waals surface area (Å²) in [5.41, 5.74) is 18.2. The predicted molar refractivity (Wildman–Crippen MR) is 81.7 cm³/mol. The van der Waals surface area contributed by atoms with Crippen LogP contribution in [-0.4, -0.2) is 9.97 Å². The molecule has 100 valence electrons. The molecule has 7 heteroatoms. The number of aromatic nitrogens is 2. The highest BCUT2D eigenvalue weighted by atomic mass is 79.9. The lowest BCUT2D eigenvalue weighted by Crippen LogP contribution is -2.04. The van der Waals surface area contributed by atoms with Crippen molar-refractivity contribution >= 4 is 39.3 Å². The lowest BCUT2D eigenvalue weighted by molar-refractivity contribution is 0.815. The normalized spacial score (nSPS) is 12.4. The summed E-state index contributed by atoms with van der Waals surface area (Å²) in [5.74, 6) is 0.719. The summed E-state index contributed by atoms with van der Waals surface area (Å²) < 4.78 is 0.942. The van der Waals surface area contributed by atoms with Gasteiger partial charge in [-0.1, -0.05) is 6.07 Å².